The third kappa shape index (κ3) is 7.64. The molecule has 4 aliphatic rings. The first-order chi connectivity index (χ1) is 22.4. The molecule has 264 valence electrons. The van der Waals surface area contributed by atoms with Crippen molar-refractivity contribution < 1.29 is 78.1 Å². The number of methoxy groups -OCH3 is 1. The van der Waals surface area contributed by atoms with Crippen LogP contribution in [0.4, 0.5) is 0 Å². The van der Waals surface area contributed by atoms with Crippen molar-refractivity contribution >= 4 is 11.8 Å². The molecule has 4 fully saturated rings. The van der Waals surface area contributed by atoms with Crippen molar-refractivity contribution in [1.82, 2.24) is 10.6 Å². The maximum Gasteiger partial charge on any atom is 0.246 e. The highest BCUT2D eigenvalue weighted by molar-refractivity contribution is 5.78. The van der Waals surface area contributed by atoms with Crippen molar-refractivity contribution in [2.75, 3.05) is 26.9 Å². The lowest BCUT2D eigenvalue weighted by Gasteiger charge is -2.51. The molecule has 8 N–H and O–H groups in total. The number of fused-ring (bicyclic) bond motifs is 1. The van der Waals surface area contributed by atoms with Crippen LogP contribution in [0.2, 0.25) is 0 Å². The zero-order valence-electron chi connectivity index (χ0n) is 25.9. The molecule has 15 atom stereocenters. The van der Waals surface area contributed by atoms with Crippen molar-refractivity contribution in [3.05, 3.63) is 24.3 Å². The van der Waals surface area contributed by atoms with Crippen LogP contribution in [0.3, 0.4) is 0 Å². The molecule has 4 heterocycles. The molecule has 0 aliphatic carbocycles. The van der Waals surface area contributed by atoms with Crippen LogP contribution in [-0.4, -0.2) is 161 Å². The number of morpholine rings is 1. The predicted molar refractivity (Wildman–Crippen MR) is 152 cm³/mol. The van der Waals surface area contributed by atoms with Gasteiger partial charge in [0.15, 0.2) is 12.6 Å². The summed E-state index contributed by atoms with van der Waals surface area (Å²) in [7, 11) is 1.49. The Hall–Kier alpha value is -2.72. The van der Waals surface area contributed by atoms with Gasteiger partial charge in [-0.05, 0) is 31.2 Å². The van der Waals surface area contributed by atoms with Crippen LogP contribution < -0.4 is 20.1 Å². The van der Waals surface area contributed by atoms with E-state index >= 15 is 0 Å². The van der Waals surface area contributed by atoms with Gasteiger partial charge < -0.3 is 79.2 Å². The molecule has 2 amide bonds. The summed E-state index contributed by atoms with van der Waals surface area (Å²) in [5, 5.41) is 68.6. The van der Waals surface area contributed by atoms with E-state index in [0.717, 1.165) is 0 Å². The number of aliphatic hydroxyl groups is 6. The van der Waals surface area contributed by atoms with E-state index in [1.54, 1.807) is 24.3 Å². The van der Waals surface area contributed by atoms with Gasteiger partial charge in [0.2, 0.25) is 18.1 Å². The Labute approximate surface area is 269 Å². The van der Waals surface area contributed by atoms with E-state index in [9.17, 15) is 40.2 Å². The average Bonchev–Trinajstić information content (AvgIpc) is 3.05. The number of hydrogen-bond acceptors (Lipinski definition) is 16. The van der Waals surface area contributed by atoms with Crippen LogP contribution >= 0.6 is 0 Å². The van der Waals surface area contributed by atoms with E-state index in [4.69, 9.17) is 37.9 Å². The minimum Gasteiger partial charge on any atom is -0.497 e. The molecule has 0 bridgehead atoms. The molecular weight excluding hydrogens is 632 g/mol. The van der Waals surface area contributed by atoms with Crippen LogP contribution in [0.15, 0.2) is 24.3 Å². The lowest BCUT2D eigenvalue weighted by atomic mass is 9.93. The zero-order valence-corrected chi connectivity index (χ0v) is 25.9. The van der Waals surface area contributed by atoms with Crippen molar-refractivity contribution in [3.63, 3.8) is 0 Å². The van der Waals surface area contributed by atoms with Gasteiger partial charge in [0.05, 0.1) is 32.5 Å². The number of amides is 2. The van der Waals surface area contributed by atoms with Crippen LogP contribution in [0.5, 0.6) is 11.5 Å². The average molecular weight is 675 g/mol. The summed E-state index contributed by atoms with van der Waals surface area (Å²) in [6, 6.07) is 4.23. The molecule has 1 aromatic rings. The molecule has 18 heteroatoms. The number of nitrogens with one attached hydrogen (secondary N) is 2. The fraction of sp³-hybridized carbons (Fsp3) is 0.724. The summed E-state index contributed by atoms with van der Waals surface area (Å²) in [6.07, 6.45) is -18.2. The Balaban J connectivity index is 1.48. The normalized spacial score (nSPS) is 42.1. The van der Waals surface area contributed by atoms with Gasteiger partial charge in [0, 0.05) is 6.92 Å². The van der Waals surface area contributed by atoms with Crippen LogP contribution in [0.1, 0.15) is 13.8 Å². The van der Waals surface area contributed by atoms with E-state index < -0.39 is 117 Å². The highest BCUT2D eigenvalue weighted by atomic mass is 16.8. The maximum absolute atomic E-state index is 12.5. The number of carbonyl (C=O) groups is 2. The SMILES string of the molecule is COc1ccc(O[C@@H]2O[C@H](CO)[C@@H](O[C@@H]3O[C@H](CO)[C@@H]4NC(=O)CO[C@@H]4[C@H]3O)[C@H](O[C@@H]3O[C@@H](C)[C@@H](O)[C@@H](O)[C@@H]3O)[C@H]2NC(C)=O)cc1. The number of carbonyl (C=O) groups excluding carboxylic acids is 2. The minimum atomic E-state index is -1.77. The highest BCUT2D eigenvalue weighted by Crippen LogP contribution is 2.35. The smallest absolute Gasteiger partial charge is 0.246 e. The monoisotopic (exact) mass is 674 g/mol. The zero-order chi connectivity index (χ0) is 34.0. The molecule has 18 nitrogen and oxygen atoms in total. The molecule has 0 radical (unpaired) electrons. The third-order valence-corrected chi connectivity index (χ3v) is 8.49. The van der Waals surface area contributed by atoms with Gasteiger partial charge >= 0.3 is 0 Å². The van der Waals surface area contributed by atoms with Crippen LogP contribution in [0.25, 0.3) is 0 Å². The molecule has 5 rings (SSSR count). The summed E-state index contributed by atoms with van der Waals surface area (Å²) in [6.45, 7) is 1.01. The van der Waals surface area contributed by atoms with Gasteiger partial charge in [-0.15, -0.1) is 0 Å². The van der Waals surface area contributed by atoms with Gasteiger partial charge in [0.1, 0.15) is 79.1 Å². The Kier molecular flexibility index (Phi) is 11.5. The molecule has 0 aromatic heterocycles. The van der Waals surface area contributed by atoms with E-state index in [-0.39, 0.29) is 12.4 Å². The second-order valence-corrected chi connectivity index (χ2v) is 11.7. The van der Waals surface area contributed by atoms with Gasteiger partial charge in [-0.3, -0.25) is 9.59 Å². The van der Waals surface area contributed by atoms with Gasteiger partial charge in [-0.25, -0.2) is 0 Å². The molecule has 47 heavy (non-hydrogen) atoms. The first-order valence-electron chi connectivity index (χ1n) is 15.2. The molecule has 0 spiro atoms. The number of benzene rings is 1. The second-order valence-electron chi connectivity index (χ2n) is 11.7. The second kappa shape index (κ2) is 15.2. The molecule has 4 saturated heterocycles. The van der Waals surface area contributed by atoms with E-state index in [1.165, 1.54) is 21.0 Å². The summed E-state index contributed by atoms with van der Waals surface area (Å²) in [5.74, 6) is -0.212. The lowest BCUT2D eigenvalue weighted by Crippen LogP contribution is -2.72. The number of hydrogen-bond donors (Lipinski definition) is 8. The van der Waals surface area contributed by atoms with E-state index in [2.05, 4.69) is 10.6 Å². The molecule has 4 aliphatic heterocycles. The number of ether oxygens (including phenoxy) is 8. The standard InChI is InChI=1S/C29H42N2O16/c1-11-20(36)21(37)22(38)28(42-11)47-26-19(30-12(2)34)27(43-14-6-4-13(40-3)5-7-14)45-16(9-33)24(26)46-29-23(39)25-18(15(8-32)44-29)31-17(35)10-41-25/h4-7,11,15-16,18-29,32-33,36-39H,8-10H2,1-3H3,(H,30,34)(H,31,35)/t11-,15+,16+,18-,19+,20+,21+,22-,23+,24+,25-,26+,27+,28-,29-/m0/s1. The quantitative estimate of drug-likeness (QED) is 0.117. The van der Waals surface area contributed by atoms with Crippen molar-refractivity contribution in [1.29, 1.82) is 0 Å². The van der Waals surface area contributed by atoms with Crippen LogP contribution in [-0.2, 0) is 38.0 Å². The molecule has 0 unspecified atom stereocenters. The Morgan fingerprint density at radius 2 is 1.49 bits per heavy atom. The Bertz CT molecular complexity index is 1210. The van der Waals surface area contributed by atoms with E-state index in [1.807, 2.05) is 0 Å². The minimum absolute atomic E-state index is 0.279. The largest absolute Gasteiger partial charge is 0.497 e. The first-order valence-corrected chi connectivity index (χ1v) is 15.2. The summed E-state index contributed by atoms with van der Waals surface area (Å²) in [5.41, 5.74) is 0. The van der Waals surface area contributed by atoms with Gasteiger partial charge in [-0.1, -0.05) is 0 Å². The lowest BCUT2D eigenvalue weighted by molar-refractivity contribution is -0.365. The number of aliphatic hydroxyl groups excluding tert-OH is 6. The Morgan fingerprint density at radius 1 is 0.872 bits per heavy atom. The third-order valence-electron chi connectivity index (χ3n) is 8.49. The highest BCUT2D eigenvalue weighted by Gasteiger charge is 2.56. The van der Waals surface area contributed by atoms with Crippen molar-refractivity contribution in [2.45, 2.75) is 106 Å². The van der Waals surface area contributed by atoms with Gasteiger partial charge in [-0.2, -0.15) is 0 Å². The fourth-order valence-corrected chi connectivity index (χ4v) is 6.05. The molecule has 1 aromatic carbocycles. The summed E-state index contributed by atoms with van der Waals surface area (Å²) in [4.78, 5) is 24.5. The Morgan fingerprint density at radius 3 is 2.13 bits per heavy atom. The fourth-order valence-electron chi connectivity index (χ4n) is 6.05. The van der Waals surface area contributed by atoms with Crippen molar-refractivity contribution in [2.24, 2.45) is 0 Å². The summed E-state index contributed by atoms with van der Waals surface area (Å²) >= 11 is 0. The summed E-state index contributed by atoms with van der Waals surface area (Å²) < 4.78 is 46.8. The van der Waals surface area contributed by atoms with Crippen LogP contribution in [0, 0.1) is 0 Å². The van der Waals surface area contributed by atoms with Gasteiger partial charge in [0.25, 0.3) is 0 Å². The van der Waals surface area contributed by atoms with Crippen molar-refractivity contribution in [3.8, 4) is 11.5 Å². The molecule has 0 saturated carbocycles. The van der Waals surface area contributed by atoms with E-state index in [0.29, 0.717) is 5.75 Å². The number of rotatable bonds is 10. The maximum atomic E-state index is 12.5. The molecular formula is C29H42N2O16. The first kappa shape index (κ1) is 35.6. The topological polar surface area (TPSA) is 253 Å². The predicted octanol–water partition coefficient (Wildman–Crippen LogP) is -4.14.